The van der Waals surface area contributed by atoms with Crippen LogP contribution in [0.2, 0.25) is 5.02 Å². The Labute approximate surface area is 90.3 Å². The van der Waals surface area contributed by atoms with Crippen LogP contribution in [0.4, 0.5) is 0 Å². The predicted molar refractivity (Wildman–Crippen MR) is 60.6 cm³/mol. The van der Waals surface area contributed by atoms with Crippen LogP contribution in [0.25, 0.3) is 0 Å². The Balaban J connectivity index is 2.14. The molecule has 0 spiro atoms. The Morgan fingerprint density at radius 2 is 2.14 bits per heavy atom. The molecular weight excluding hydrogens is 194 g/mol. The summed E-state index contributed by atoms with van der Waals surface area (Å²) in [6.45, 7) is 0. The minimum absolute atomic E-state index is 0.382. The van der Waals surface area contributed by atoms with E-state index in [1.165, 1.54) is 24.8 Å². The van der Waals surface area contributed by atoms with Gasteiger partial charge in [-0.25, -0.2) is 0 Å². The summed E-state index contributed by atoms with van der Waals surface area (Å²) in [7, 11) is 0. The first-order chi connectivity index (χ1) is 6.75. The maximum Gasteiger partial charge on any atom is 0.0408 e. The standard InChI is InChI=1S/C12H16ClN/c13-11-5-1-3-9(7-11)10-4-2-6-12(14)8-10/h1,3,5,7,10,12H,2,4,6,8,14H2/t10-,12-/m0/s1. The largest absolute Gasteiger partial charge is 0.328 e. The van der Waals surface area contributed by atoms with E-state index in [1.54, 1.807) is 0 Å². The van der Waals surface area contributed by atoms with Gasteiger partial charge in [-0.1, -0.05) is 30.2 Å². The smallest absolute Gasteiger partial charge is 0.0408 e. The number of hydrogen-bond donors (Lipinski definition) is 1. The van der Waals surface area contributed by atoms with E-state index in [0.717, 1.165) is 11.4 Å². The van der Waals surface area contributed by atoms with Crippen LogP contribution >= 0.6 is 11.6 Å². The molecule has 0 bridgehead atoms. The molecule has 1 aromatic carbocycles. The van der Waals surface area contributed by atoms with Gasteiger partial charge in [-0.05, 0) is 42.9 Å². The number of rotatable bonds is 1. The van der Waals surface area contributed by atoms with Gasteiger partial charge in [0, 0.05) is 11.1 Å². The topological polar surface area (TPSA) is 26.0 Å². The lowest BCUT2D eigenvalue weighted by Crippen LogP contribution is -2.26. The summed E-state index contributed by atoms with van der Waals surface area (Å²) >= 11 is 5.97. The first-order valence-electron chi connectivity index (χ1n) is 5.27. The molecule has 0 radical (unpaired) electrons. The summed E-state index contributed by atoms with van der Waals surface area (Å²) in [5.41, 5.74) is 7.32. The maximum atomic E-state index is 5.97. The monoisotopic (exact) mass is 209 g/mol. The molecule has 0 aliphatic heterocycles. The van der Waals surface area contributed by atoms with Crippen molar-refractivity contribution < 1.29 is 0 Å². The van der Waals surface area contributed by atoms with Gasteiger partial charge >= 0.3 is 0 Å². The fourth-order valence-electron chi connectivity index (χ4n) is 2.29. The van der Waals surface area contributed by atoms with Crippen LogP contribution in [0.1, 0.15) is 37.2 Å². The van der Waals surface area contributed by atoms with Crippen molar-refractivity contribution in [2.75, 3.05) is 0 Å². The number of halogens is 1. The zero-order chi connectivity index (χ0) is 9.97. The number of nitrogens with two attached hydrogens (primary N) is 1. The third-order valence-corrected chi connectivity index (χ3v) is 3.27. The van der Waals surface area contributed by atoms with Crippen molar-refractivity contribution in [1.82, 2.24) is 0 Å². The second-order valence-corrected chi connectivity index (χ2v) is 4.62. The van der Waals surface area contributed by atoms with Crippen LogP contribution in [0.15, 0.2) is 24.3 Å². The van der Waals surface area contributed by atoms with Gasteiger partial charge in [-0.3, -0.25) is 0 Å². The van der Waals surface area contributed by atoms with E-state index < -0.39 is 0 Å². The van der Waals surface area contributed by atoms with Crippen molar-refractivity contribution in [1.29, 1.82) is 0 Å². The van der Waals surface area contributed by atoms with Gasteiger partial charge in [0.2, 0.25) is 0 Å². The summed E-state index contributed by atoms with van der Waals surface area (Å²) in [4.78, 5) is 0. The molecule has 2 heteroatoms. The summed E-state index contributed by atoms with van der Waals surface area (Å²) in [5.74, 6) is 0.623. The molecule has 1 nitrogen and oxygen atoms in total. The third-order valence-electron chi connectivity index (χ3n) is 3.03. The molecular formula is C12H16ClN. The Kier molecular flexibility index (Phi) is 3.09. The Hall–Kier alpha value is -0.530. The average Bonchev–Trinajstić information content (AvgIpc) is 2.18. The lowest BCUT2D eigenvalue weighted by molar-refractivity contribution is 0.393. The zero-order valence-electron chi connectivity index (χ0n) is 8.25. The molecule has 1 fully saturated rings. The molecule has 1 aromatic rings. The number of hydrogen-bond acceptors (Lipinski definition) is 1. The molecule has 0 unspecified atom stereocenters. The SMILES string of the molecule is N[C@H]1CCC[C@H](c2cccc(Cl)c2)C1. The quantitative estimate of drug-likeness (QED) is 0.755. The molecule has 76 valence electrons. The summed E-state index contributed by atoms with van der Waals surface area (Å²) in [6, 6.07) is 8.57. The molecule has 2 N–H and O–H groups in total. The second-order valence-electron chi connectivity index (χ2n) is 4.18. The first kappa shape index (κ1) is 10.0. The predicted octanol–water partition coefficient (Wildman–Crippen LogP) is 3.32. The van der Waals surface area contributed by atoms with Crippen LogP contribution < -0.4 is 5.73 Å². The highest BCUT2D eigenvalue weighted by molar-refractivity contribution is 6.30. The maximum absolute atomic E-state index is 5.97. The van der Waals surface area contributed by atoms with Gasteiger partial charge in [-0.2, -0.15) is 0 Å². The van der Waals surface area contributed by atoms with E-state index in [-0.39, 0.29) is 0 Å². The van der Waals surface area contributed by atoms with Gasteiger partial charge in [0.05, 0.1) is 0 Å². The molecule has 0 aromatic heterocycles. The van der Waals surface area contributed by atoms with E-state index in [9.17, 15) is 0 Å². The fraction of sp³-hybridized carbons (Fsp3) is 0.500. The molecule has 2 rings (SSSR count). The van der Waals surface area contributed by atoms with Crippen molar-refractivity contribution in [3.05, 3.63) is 34.9 Å². The lowest BCUT2D eigenvalue weighted by Gasteiger charge is -2.26. The van der Waals surface area contributed by atoms with Crippen LogP contribution in [0.3, 0.4) is 0 Å². The van der Waals surface area contributed by atoms with Crippen LogP contribution in [0.5, 0.6) is 0 Å². The van der Waals surface area contributed by atoms with E-state index >= 15 is 0 Å². The summed E-state index contributed by atoms with van der Waals surface area (Å²) in [6.07, 6.45) is 4.80. The van der Waals surface area contributed by atoms with Gasteiger partial charge in [0.15, 0.2) is 0 Å². The highest BCUT2D eigenvalue weighted by Gasteiger charge is 2.20. The Bertz CT molecular complexity index is 311. The summed E-state index contributed by atoms with van der Waals surface area (Å²) in [5, 5.41) is 0.835. The fourth-order valence-corrected chi connectivity index (χ4v) is 2.49. The summed E-state index contributed by atoms with van der Waals surface area (Å²) < 4.78 is 0. The average molecular weight is 210 g/mol. The number of benzene rings is 1. The van der Waals surface area contributed by atoms with Gasteiger partial charge < -0.3 is 5.73 Å². The van der Waals surface area contributed by atoms with Crippen molar-refractivity contribution in [2.24, 2.45) is 5.73 Å². The van der Waals surface area contributed by atoms with Gasteiger partial charge in [0.25, 0.3) is 0 Å². The van der Waals surface area contributed by atoms with Crippen LogP contribution in [-0.4, -0.2) is 6.04 Å². The normalized spacial score (nSPS) is 27.6. The van der Waals surface area contributed by atoms with E-state index in [2.05, 4.69) is 12.1 Å². The van der Waals surface area contributed by atoms with Crippen LogP contribution in [-0.2, 0) is 0 Å². The second kappa shape index (κ2) is 4.33. The van der Waals surface area contributed by atoms with Crippen LogP contribution in [0, 0.1) is 0 Å². The van der Waals surface area contributed by atoms with Gasteiger partial charge in [-0.15, -0.1) is 0 Å². The molecule has 0 saturated heterocycles. The molecule has 2 atom stereocenters. The minimum Gasteiger partial charge on any atom is -0.328 e. The highest BCUT2D eigenvalue weighted by atomic mass is 35.5. The van der Waals surface area contributed by atoms with Crippen molar-refractivity contribution in [3.8, 4) is 0 Å². The third kappa shape index (κ3) is 2.28. The molecule has 0 heterocycles. The van der Waals surface area contributed by atoms with E-state index in [0.29, 0.717) is 12.0 Å². The minimum atomic E-state index is 0.382. The molecule has 1 saturated carbocycles. The Morgan fingerprint density at radius 3 is 2.86 bits per heavy atom. The lowest BCUT2D eigenvalue weighted by atomic mass is 9.82. The highest BCUT2D eigenvalue weighted by Crippen LogP contribution is 2.32. The molecule has 0 amide bonds. The molecule has 14 heavy (non-hydrogen) atoms. The van der Waals surface area contributed by atoms with Gasteiger partial charge in [0.1, 0.15) is 0 Å². The van der Waals surface area contributed by atoms with Crippen molar-refractivity contribution in [3.63, 3.8) is 0 Å². The van der Waals surface area contributed by atoms with Crippen molar-refractivity contribution in [2.45, 2.75) is 37.6 Å². The first-order valence-corrected chi connectivity index (χ1v) is 5.64. The molecule has 1 aliphatic carbocycles. The zero-order valence-corrected chi connectivity index (χ0v) is 9.00. The van der Waals surface area contributed by atoms with E-state index in [1.807, 2.05) is 12.1 Å². The Morgan fingerprint density at radius 1 is 1.29 bits per heavy atom. The van der Waals surface area contributed by atoms with Crippen molar-refractivity contribution >= 4 is 11.6 Å². The van der Waals surface area contributed by atoms with E-state index in [4.69, 9.17) is 17.3 Å². The molecule has 1 aliphatic rings.